The molecule has 11 nitrogen and oxygen atoms in total. The quantitative estimate of drug-likeness (QED) is 0.231. The molecule has 0 spiro atoms. The highest BCUT2D eigenvalue weighted by atomic mass is 35.5. The third-order valence-corrected chi connectivity index (χ3v) is 8.39. The number of ether oxygens (including phenoxy) is 4. The number of carbonyl (C=O) groups is 3. The van der Waals surface area contributed by atoms with E-state index in [0.29, 0.717) is 21.3 Å². The predicted octanol–water partition coefficient (Wildman–Crippen LogP) is 5.21. The van der Waals surface area contributed by atoms with Gasteiger partial charge in [0.1, 0.15) is 34.9 Å². The minimum atomic E-state index is -4.66. The molecule has 226 valence electrons. The van der Waals surface area contributed by atoms with E-state index >= 15 is 0 Å². The minimum absolute atomic E-state index is 0.0182. The smallest absolute Gasteiger partial charge is 0.434 e. The summed E-state index contributed by atoms with van der Waals surface area (Å²) in [7, 11) is 0. The largest absolute Gasteiger partial charge is 0.463 e. The van der Waals surface area contributed by atoms with Gasteiger partial charge in [0.25, 0.3) is 0 Å². The molecule has 0 aliphatic carbocycles. The van der Waals surface area contributed by atoms with Gasteiger partial charge in [0.2, 0.25) is 0 Å². The van der Waals surface area contributed by atoms with Gasteiger partial charge in [-0.1, -0.05) is 40.2 Å². The number of carbonyl (C=O) groups excluding carboxylic acids is 3. The lowest BCUT2D eigenvalue weighted by atomic mass is 9.96. The van der Waals surface area contributed by atoms with Crippen molar-refractivity contribution in [2.75, 3.05) is 6.61 Å². The summed E-state index contributed by atoms with van der Waals surface area (Å²) in [5.74, 6) is -2.10. The summed E-state index contributed by atoms with van der Waals surface area (Å²) in [5.41, 5.74) is -2.14. The van der Waals surface area contributed by atoms with Gasteiger partial charge in [-0.15, -0.1) is 16.4 Å². The van der Waals surface area contributed by atoms with Gasteiger partial charge in [-0.05, 0) is 18.2 Å². The highest BCUT2D eigenvalue weighted by Gasteiger charge is 2.52. The average Bonchev–Trinajstić information content (AvgIpc) is 3.56. The lowest BCUT2D eigenvalue weighted by Crippen LogP contribution is -2.57. The molecule has 0 saturated carbocycles. The van der Waals surface area contributed by atoms with E-state index in [1.165, 1.54) is 17.8 Å². The Morgan fingerprint density at radius 1 is 1.07 bits per heavy atom. The summed E-state index contributed by atoms with van der Waals surface area (Å²) >= 11 is 14.0. The van der Waals surface area contributed by atoms with Gasteiger partial charge in [0, 0.05) is 31.0 Å². The molecule has 3 aromatic rings. The Balaban J connectivity index is 1.79. The van der Waals surface area contributed by atoms with E-state index in [4.69, 9.17) is 42.1 Å². The maximum absolute atomic E-state index is 13.1. The monoisotopic (exact) mass is 668 g/mol. The second-order valence-corrected chi connectivity index (χ2v) is 11.6. The van der Waals surface area contributed by atoms with E-state index in [-0.39, 0.29) is 22.3 Å². The number of esters is 3. The van der Waals surface area contributed by atoms with Gasteiger partial charge in [0.15, 0.2) is 17.9 Å². The first-order valence-electron chi connectivity index (χ1n) is 11.9. The van der Waals surface area contributed by atoms with Gasteiger partial charge in [0.05, 0.1) is 16.2 Å². The SMILES string of the molecule is CC(=O)OC[C@H]1O[C@H](Sc2ccc(Cl)c(Cl)c2)[C@H](OC(C)=O)[C@@H](n2cc(-c3nc(C(F)(F)F)cs3)nn2)[C@H]1OC(C)=O. The zero-order chi connectivity index (χ0) is 30.8. The predicted molar refractivity (Wildman–Crippen MR) is 144 cm³/mol. The van der Waals surface area contributed by atoms with E-state index < -0.39 is 59.6 Å². The Morgan fingerprint density at radius 3 is 2.36 bits per heavy atom. The first-order chi connectivity index (χ1) is 19.7. The van der Waals surface area contributed by atoms with Crippen LogP contribution in [0.1, 0.15) is 32.5 Å². The number of thiazole rings is 1. The van der Waals surface area contributed by atoms with E-state index in [1.54, 1.807) is 18.2 Å². The molecule has 1 aliphatic rings. The Hall–Kier alpha value is -2.92. The van der Waals surface area contributed by atoms with Crippen LogP contribution in [0.5, 0.6) is 0 Å². The average molecular weight is 669 g/mol. The standard InChI is InChI=1S/C24H21Cl2F3N4O7S2/c1-10(34)37-8-17-20(38-11(2)35)19(33-7-16(31-32-33)22-30-18(9-41-22)24(27,28)29)21(39-12(3)36)23(40-17)42-13-4-5-14(25)15(26)6-13/h4-7,9,17,19-21,23H,8H2,1-3H3/t17-,19+,20+,21-,23-/m1/s1. The second kappa shape index (κ2) is 13.2. The number of rotatable bonds is 8. The van der Waals surface area contributed by atoms with Crippen molar-refractivity contribution in [3.05, 3.63) is 45.5 Å². The van der Waals surface area contributed by atoms with Crippen LogP contribution in [0.25, 0.3) is 10.7 Å². The molecule has 0 N–H and O–H groups in total. The van der Waals surface area contributed by atoms with Crippen molar-refractivity contribution in [1.29, 1.82) is 0 Å². The van der Waals surface area contributed by atoms with Crippen molar-refractivity contribution in [3.63, 3.8) is 0 Å². The summed E-state index contributed by atoms with van der Waals surface area (Å²) in [6, 6.07) is 3.62. The molecule has 1 aromatic carbocycles. The van der Waals surface area contributed by atoms with E-state index in [9.17, 15) is 27.6 Å². The van der Waals surface area contributed by atoms with Crippen molar-refractivity contribution in [2.24, 2.45) is 0 Å². The van der Waals surface area contributed by atoms with Crippen LogP contribution in [0.2, 0.25) is 10.0 Å². The number of nitrogens with zero attached hydrogens (tertiary/aromatic N) is 4. The van der Waals surface area contributed by atoms with Crippen LogP contribution in [-0.4, -0.2) is 68.2 Å². The van der Waals surface area contributed by atoms with Gasteiger partial charge >= 0.3 is 24.1 Å². The van der Waals surface area contributed by atoms with Gasteiger partial charge in [-0.25, -0.2) is 9.67 Å². The van der Waals surface area contributed by atoms with Gasteiger partial charge < -0.3 is 18.9 Å². The van der Waals surface area contributed by atoms with Crippen LogP contribution in [0.4, 0.5) is 13.2 Å². The summed E-state index contributed by atoms with van der Waals surface area (Å²) in [4.78, 5) is 40.3. The first-order valence-corrected chi connectivity index (χ1v) is 14.4. The number of hydrogen-bond donors (Lipinski definition) is 0. The number of benzene rings is 1. The van der Waals surface area contributed by atoms with Crippen molar-refractivity contribution in [2.45, 2.75) is 61.6 Å². The van der Waals surface area contributed by atoms with Crippen LogP contribution in [0.15, 0.2) is 34.7 Å². The maximum Gasteiger partial charge on any atom is 0.434 e. The number of hydrogen-bond acceptors (Lipinski definition) is 12. The molecule has 0 unspecified atom stereocenters. The molecule has 42 heavy (non-hydrogen) atoms. The van der Waals surface area contributed by atoms with Crippen molar-refractivity contribution in [1.82, 2.24) is 20.0 Å². The molecule has 5 atom stereocenters. The Morgan fingerprint density at radius 2 is 1.76 bits per heavy atom. The molecule has 1 saturated heterocycles. The van der Waals surface area contributed by atoms with Crippen LogP contribution < -0.4 is 0 Å². The molecule has 0 bridgehead atoms. The molecule has 0 amide bonds. The summed E-state index contributed by atoms with van der Waals surface area (Å²) in [6.07, 6.45) is -6.94. The fourth-order valence-corrected chi connectivity index (χ4v) is 6.29. The second-order valence-electron chi connectivity index (χ2n) is 8.80. The summed E-state index contributed by atoms with van der Waals surface area (Å²) < 4.78 is 63.2. The van der Waals surface area contributed by atoms with Crippen molar-refractivity contribution in [3.8, 4) is 10.7 Å². The molecule has 3 heterocycles. The van der Waals surface area contributed by atoms with Crippen LogP contribution in [0, 0.1) is 0 Å². The maximum atomic E-state index is 13.1. The van der Waals surface area contributed by atoms with Crippen LogP contribution in [-0.2, 0) is 39.5 Å². The lowest BCUT2D eigenvalue weighted by molar-refractivity contribution is -0.212. The Kier molecular flexibility index (Phi) is 10.0. The molecule has 2 aromatic heterocycles. The molecular formula is C24H21Cl2F3N4O7S2. The topological polar surface area (TPSA) is 132 Å². The molecule has 4 rings (SSSR count). The Labute approximate surface area is 254 Å². The first kappa shape index (κ1) is 32.0. The normalized spacial score (nSPS) is 22.4. The highest BCUT2D eigenvalue weighted by molar-refractivity contribution is 7.99. The lowest BCUT2D eigenvalue weighted by Gasteiger charge is -2.44. The highest BCUT2D eigenvalue weighted by Crippen LogP contribution is 2.42. The van der Waals surface area contributed by atoms with E-state index in [2.05, 4.69) is 15.3 Å². The number of thioether (sulfide) groups is 1. The third kappa shape index (κ3) is 7.72. The Bertz CT molecular complexity index is 1470. The van der Waals surface area contributed by atoms with Crippen LogP contribution >= 0.6 is 46.3 Å². The fraction of sp³-hybridized carbons (Fsp3) is 0.417. The molecule has 18 heteroatoms. The zero-order valence-corrected chi connectivity index (χ0v) is 25.0. The van der Waals surface area contributed by atoms with Crippen LogP contribution in [0.3, 0.4) is 0 Å². The summed E-state index contributed by atoms with van der Waals surface area (Å²) in [6.45, 7) is 3.11. The third-order valence-electron chi connectivity index (χ3n) is 5.64. The minimum Gasteiger partial charge on any atom is -0.463 e. The number of halogens is 5. The summed E-state index contributed by atoms with van der Waals surface area (Å²) in [5, 5.41) is 9.33. The van der Waals surface area contributed by atoms with Gasteiger partial charge in [-0.2, -0.15) is 13.2 Å². The molecule has 1 aliphatic heterocycles. The number of aromatic nitrogens is 4. The number of alkyl halides is 3. The van der Waals surface area contributed by atoms with E-state index in [1.807, 2.05) is 0 Å². The van der Waals surface area contributed by atoms with Gasteiger partial charge in [-0.3, -0.25) is 14.4 Å². The molecule has 1 fully saturated rings. The van der Waals surface area contributed by atoms with Crippen molar-refractivity contribution < 1.29 is 46.5 Å². The zero-order valence-electron chi connectivity index (χ0n) is 21.8. The fourth-order valence-electron chi connectivity index (χ4n) is 4.00. The van der Waals surface area contributed by atoms with Crippen molar-refractivity contribution >= 4 is 64.2 Å². The van der Waals surface area contributed by atoms with E-state index in [0.717, 1.165) is 31.0 Å². The molecule has 0 radical (unpaired) electrons. The molecular weight excluding hydrogens is 648 g/mol.